The van der Waals surface area contributed by atoms with Crippen LogP contribution in [-0.2, 0) is 0 Å². The molecule has 0 atom stereocenters. The third kappa shape index (κ3) is 3.42. The molecule has 2 aromatic rings. The number of halogens is 1. The number of pyridine rings is 1. The summed E-state index contributed by atoms with van der Waals surface area (Å²) in [5.74, 6) is 0.632. The highest BCUT2D eigenvalue weighted by Gasteiger charge is 2.23. The summed E-state index contributed by atoms with van der Waals surface area (Å²) < 4.78 is 13.4. The molecule has 0 bridgehead atoms. The van der Waals surface area contributed by atoms with Gasteiger partial charge in [-0.25, -0.2) is 9.37 Å². The minimum absolute atomic E-state index is 0.195. The Hall–Kier alpha value is -2.61. The van der Waals surface area contributed by atoms with E-state index in [1.54, 1.807) is 18.2 Å². The van der Waals surface area contributed by atoms with Crippen molar-refractivity contribution in [1.29, 1.82) is 5.26 Å². The zero-order valence-corrected chi connectivity index (χ0v) is 13.1. The van der Waals surface area contributed by atoms with Gasteiger partial charge in [-0.2, -0.15) is 5.26 Å². The number of benzene rings is 1. The SMILES string of the molecule is CN(c1cccc(C#N)n1)C1CCN(c2cccc(F)c2)CC1. The molecule has 1 saturated heterocycles. The van der Waals surface area contributed by atoms with Crippen LogP contribution >= 0.6 is 0 Å². The summed E-state index contributed by atoms with van der Waals surface area (Å²) in [6.07, 6.45) is 1.96. The Labute approximate surface area is 135 Å². The molecule has 0 saturated carbocycles. The normalized spacial score (nSPS) is 15.3. The Balaban J connectivity index is 1.65. The van der Waals surface area contributed by atoms with E-state index in [2.05, 4.69) is 20.9 Å². The van der Waals surface area contributed by atoms with Gasteiger partial charge >= 0.3 is 0 Å². The van der Waals surface area contributed by atoms with Gasteiger partial charge in [-0.05, 0) is 43.2 Å². The molecule has 0 unspecified atom stereocenters. The molecule has 0 spiro atoms. The van der Waals surface area contributed by atoms with Crippen molar-refractivity contribution in [2.75, 3.05) is 29.9 Å². The minimum Gasteiger partial charge on any atom is -0.371 e. The quantitative estimate of drug-likeness (QED) is 0.873. The molecule has 0 radical (unpaired) electrons. The van der Waals surface area contributed by atoms with Crippen LogP contribution in [0.15, 0.2) is 42.5 Å². The molecule has 118 valence electrons. The average molecular weight is 310 g/mol. The van der Waals surface area contributed by atoms with Gasteiger partial charge in [0.15, 0.2) is 0 Å². The Morgan fingerprint density at radius 3 is 2.65 bits per heavy atom. The van der Waals surface area contributed by atoms with Gasteiger partial charge in [0, 0.05) is 31.9 Å². The summed E-state index contributed by atoms with van der Waals surface area (Å²) in [5, 5.41) is 8.97. The zero-order valence-electron chi connectivity index (χ0n) is 13.1. The average Bonchev–Trinajstić information content (AvgIpc) is 2.61. The second kappa shape index (κ2) is 6.66. The smallest absolute Gasteiger partial charge is 0.142 e. The Kier molecular flexibility index (Phi) is 4.42. The van der Waals surface area contributed by atoms with Crippen LogP contribution in [0.25, 0.3) is 0 Å². The first-order valence-electron chi connectivity index (χ1n) is 7.78. The van der Waals surface area contributed by atoms with Crippen molar-refractivity contribution >= 4 is 11.5 Å². The van der Waals surface area contributed by atoms with Crippen LogP contribution in [0, 0.1) is 17.1 Å². The molecule has 1 fully saturated rings. The molecule has 5 heteroatoms. The number of aromatic nitrogens is 1. The fourth-order valence-electron chi connectivity index (χ4n) is 3.05. The van der Waals surface area contributed by atoms with E-state index >= 15 is 0 Å². The molecule has 4 nitrogen and oxygen atoms in total. The predicted molar refractivity (Wildman–Crippen MR) is 89.0 cm³/mol. The Morgan fingerprint density at radius 2 is 1.96 bits per heavy atom. The van der Waals surface area contributed by atoms with Gasteiger partial charge in [-0.15, -0.1) is 0 Å². The lowest BCUT2D eigenvalue weighted by Gasteiger charge is -2.38. The largest absolute Gasteiger partial charge is 0.371 e. The third-order valence-corrected chi connectivity index (χ3v) is 4.40. The van der Waals surface area contributed by atoms with Crippen LogP contribution in [0.4, 0.5) is 15.9 Å². The van der Waals surface area contributed by atoms with Crippen molar-refractivity contribution in [3.63, 3.8) is 0 Å². The molecule has 1 aliphatic rings. The number of rotatable bonds is 3. The maximum Gasteiger partial charge on any atom is 0.142 e. The first-order chi connectivity index (χ1) is 11.2. The number of nitriles is 1. The van der Waals surface area contributed by atoms with Crippen molar-refractivity contribution in [3.05, 3.63) is 54.0 Å². The standard InChI is InChI=1S/C18H19FN4/c1-22(18-7-3-5-15(13-20)21-18)16-8-10-23(11-9-16)17-6-2-4-14(19)12-17/h2-7,12,16H,8-11H2,1H3. The van der Waals surface area contributed by atoms with E-state index in [0.29, 0.717) is 11.7 Å². The lowest BCUT2D eigenvalue weighted by atomic mass is 10.0. The van der Waals surface area contributed by atoms with Crippen LogP contribution < -0.4 is 9.80 Å². The van der Waals surface area contributed by atoms with E-state index in [1.807, 2.05) is 25.2 Å². The van der Waals surface area contributed by atoms with Crippen LogP contribution in [0.5, 0.6) is 0 Å². The van der Waals surface area contributed by atoms with Gasteiger partial charge in [-0.3, -0.25) is 0 Å². The van der Waals surface area contributed by atoms with E-state index < -0.39 is 0 Å². The second-order valence-corrected chi connectivity index (χ2v) is 5.80. The molecule has 3 rings (SSSR count). The zero-order chi connectivity index (χ0) is 16.2. The molecule has 1 aliphatic heterocycles. The number of hydrogen-bond acceptors (Lipinski definition) is 4. The number of hydrogen-bond donors (Lipinski definition) is 0. The van der Waals surface area contributed by atoms with E-state index in [-0.39, 0.29) is 5.82 Å². The lowest BCUT2D eigenvalue weighted by molar-refractivity contribution is 0.479. The van der Waals surface area contributed by atoms with Gasteiger partial charge in [0.05, 0.1) is 0 Å². The number of piperidine rings is 1. The first-order valence-corrected chi connectivity index (χ1v) is 7.78. The highest BCUT2D eigenvalue weighted by Crippen LogP contribution is 2.25. The van der Waals surface area contributed by atoms with Gasteiger partial charge in [-0.1, -0.05) is 12.1 Å². The summed E-state index contributed by atoms with van der Waals surface area (Å²) in [5.41, 5.74) is 1.38. The minimum atomic E-state index is -0.195. The second-order valence-electron chi connectivity index (χ2n) is 5.80. The molecule has 1 aromatic heterocycles. The highest BCUT2D eigenvalue weighted by molar-refractivity contribution is 5.48. The van der Waals surface area contributed by atoms with Crippen LogP contribution in [0.2, 0.25) is 0 Å². The topological polar surface area (TPSA) is 43.2 Å². The summed E-state index contributed by atoms with van der Waals surface area (Å²) in [7, 11) is 2.02. The van der Waals surface area contributed by atoms with Crippen LogP contribution in [0.3, 0.4) is 0 Å². The molecule has 0 aliphatic carbocycles. The molecule has 23 heavy (non-hydrogen) atoms. The summed E-state index contributed by atoms with van der Waals surface area (Å²) >= 11 is 0. The van der Waals surface area contributed by atoms with Gasteiger partial charge in [0.1, 0.15) is 23.4 Å². The van der Waals surface area contributed by atoms with Gasteiger partial charge < -0.3 is 9.80 Å². The monoisotopic (exact) mass is 310 g/mol. The van der Waals surface area contributed by atoms with Gasteiger partial charge in [0.25, 0.3) is 0 Å². The van der Waals surface area contributed by atoms with E-state index in [0.717, 1.165) is 37.4 Å². The number of anilines is 2. The molecule has 1 aromatic carbocycles. The maximum atomic E-state index is 13.4. The molecular weight excluding hydrogens is 291 g/mol. The molecule has 0 N–H and O–H groups in total. The molecule has 2 heterocycles. The van der Waals surface area contributed by atoms with Crippen molar-refractivity contribution < 1.29 is 4.39 Å². The first kappa shape index (κ1) is 15.3. The Morgan fingerprint density at radius 1 is 1.22 bits per heavy atom. The van der Waals surface area contributed by atoms with Crippen LogP contribution in [0.1, 0.15) is 18.5 Å². The fourth-order valence-corrected chi connectivity index (χ4v) is 3.05. The van der Waals surface area contributed by atoms with E-state index in [9.17, 15) is 4.39 Å². The van der Waals surface area contributed by atoms with Crippen molar-refractivity contribution in [1.82, 2.24) is 4.98 Å². The highest BCUT2D eigenvalue weighted by atomic mass is 19.1. The summed E-state index contributed by atoms with van der Waals surface area (Å²) in [4.78, 5) is 8.71. The number of nitrogens with zero attached hydrogens (tertiary/aromatic N) is 4. The van der Waals surface area contributed by atoms with Crippen molar-refractivity contribution in [2.45, 2.75) is 18.9 Å². The fraction of sp³-hybridized carbons (Fsp3) is 0.333. The van der Waals surface area contributed by atoms with E-state index in [4.69, 9.17) is 5.26 Å². The summed E-state index contributed by atoms with van der Waals surface area (Å²) in [6, 6.07) is 14.7. The van der Waals surface area contributed by atoms with E-state index in [1.165, 1.54) is 6.07 Å². The summed E-state index contributed by atoms with van der Waals surface area (Å²) in [6.45, 7) is 1.77. The third-order valence-electron chi connectivity index (χ3n) is 4.40. The maximum absolute atomic E-state index is 13.4. The molecular formula is C18H19FN4. The van der Waals surface area contributed by atoms with Crippen molar-refractivity contribution in [2.24, 2.45) is 0 Å². The lowest BCUT2D eigenvalue weighted by Crippen LogP contribution is -2.43. The van der Waals surface area contributed by atoms with Crippen LogP contribution in [-0.4, -0.2) is 31.2 Å². The van der Waals surface area contributed by atoms with Crippen molar-refractivity contribution in [3.8, 4) is 6.07 Å². The van der Waals surface area contributed by atoms with Gasteiger partial charge in [0.2, 0.25) is 0 Å². The Bertz CT molecular complexity index is 717. The predicted octanol–water partition coefficient (Wildman–Crippen LogP) is 3.20. The molecule has 0 amide bonds.